The SMILES string of the molecule is COc1ccc([C@H]2Nc3c(ccc4ccccc34)C3=C2C(=O)CC(C)(C)C3)cc1. The van der Waals surface area contributed by atoms with Crippen LogP contribution >= 0.6 is 0 Å². The Morgan fingerprint density at radius 3 is 2.48 bits per heavy atom. The molecule has 146 valence electrons. The van der Waals surface area contributed by atoms with Crippen molar-refractivity contribution in [3.8, 4) is 5.75 Å². The van der Waals surface area contributed by atoms with Crippen LogP contribution in [0.5, 0.6) is 5.75 Å². The summed E-state index contributed by atoms with van der Waals surface area (Å²) in [6, 6.07) is 20.7. The van der Waals surface area contributed by atoms with Crippen LogP contribution in [0.4, 0.5) is 5.69 Å². The molecule has 3 nitrogen and oxygen atoms in total. The second-order valence-corrected chi connectivity index (χ2v) is 8.89. The number of nitrogens with one attached hydrogen (secondary N) is 1. The molecule has 0 fully saturated rings. The highest BCUT2D eigenvalue weighted by Crippen LogP contribution is 2.51. The zero-order valence-corrected chi connectivity index (χ0v) is 17.1. The van der Waals surface area contributed by atoms with Crippen molar-refractivity contribution in [2.45, 2.75) is 32.7 Å². The Bertz CT molecular complexity index is 1160. The molecule has 2 aliphatic rings. The Kier molecular flexibility index (Phi) is 4.02. The average Bonchev–Trinajstić information content (AvgIpc) is 2.72. The maximum atomic E-state index is 13.3. The molecule has 1 heterocycles. The average molecular weight is 383 g/mol. The summed E-state index contributed by atoms with van der Waals surface area (Å²) in [5, 5.41) is 6.14. The molecule has 3 heteroatoms. The predicted molar refractivity (Wildman–Crippen MR) is 118 cm³/mol. The topological polar surface area (TPSA) is 38.3 Å². The fourth-order valence-corrected chi connectivity index (χ4v) is 4.85. The molecule has 29 heavy (non-hydrogen) atoms. The molecule has 5 rings (SSSR count). The summed E-state index contributed by atoms with van der Waals surface area (Å²) in [7, 11) is 1.67. The number of carbonyl (C=O) groups excluding carboxylic acids is 1. The number of hydrogen-bond donors (Lipinski definition) is 1. The molecule has 1 atom stereocenters. The minimum Gasteiger partial charge on any atom is -0.497 e. The summed E-state index contributed by atoms with van der Waals surface area (Å²) in [5.74, 6) is 1.07. The molecule has 3 aromatic carbocycles. The van der Waals surface area contributed by atoms with Crippen molar-refractivity contribution in [2.24, 2.45) is 5.41 Å². The van der Waals surface area contributed by atoms with Crippen LogP contribution in [0.2, 0.25) is 0 Å². The van der Waals surface area contributed by atoms with Gasteiger partial charge in [-0.05, 0) is 40.5 Å². The number of carbonyl (C=O) groups is 1. The van der Waals surface area contributed by atoms with E-state index >= 15 is 0 Å². The van der Waals surface area contributed by atoms with Crippen molar-refractivity contribution in [2.75, 3.05) is 12.4 Å². The number of hydrogen-bond acceptors (Lipinski definition) is 3. The Labute approximate surface area is 171 Å². The largest absolute Gasteiger partial charge is 0.497 e. The summed E-state index contributed by atoms with van der Waals surface area (Å²) < 4.78 is 5.33. The van der Waals surface area contributed by atoms with Crippen LogP contribution in [0, 0.1) is 5.41 Å². The summed E-state index contributed by atoms with van der Waals surface area (Å²) >= 11 is 0. The number of benzene rings is 3. The summed E-state index contributed by atoms with van der Waals surface area (Å²) in [6.07, 6.45) is 1.50. The number of allylic oxidation sites excluding steroid dienone is 1. The second kappa shape index (κ2) is 6.48. The standard InChI is InChI=1S/C26H25NO2/c1-26(2)14-21-20-13-10-16-6-4-5-7-19(16)25(20)27-24(23(21)22(28)15-26)17-8-11-18(29-3)12-9-17/h4-13,24,27H,14-15H2,1-3H3/t24-/m1/s1. The molecule has 0 bridgehead atoms. The third-order valence-corrected chi connectivity index (χ3v) is 6.20. The van der Waals surface area contributed by atoms with Gasteiger partial charge in [0.25, 0.3) is 0 Å². The number of rotatable bonds is 2. The van der Waals surface area contributed by atoms with E-state index in [-0.39, 0.29) is 17.2 Å². The minimum atomic E-state index is -0.141. The Hall–Kier alpha value is -3.07. The molecule has 0 aromatic heterocycles. The molecule has 0 unspecified atom stereocenters. The van der Waals surface area contributed by atoms with E-state index in [1.807, 2.05) is 12.1 Å². The molecular formula is C26H25NO2. The van der Waals surface area contributed by atoms with Gasteiger partial charge in [0.05, 0.1) is 18.8 Å². The number of methoxy groups -OCH3 is 1. The van der Waals surface area contributed by atoms with Crippen molar-refractivity contribution >= 4 is 27.8 Å². The third-order valence-electron chi connectivity index (χ3n) is 6.20. The molecule has 1 N–H and O–H groups in total. The van der Waals surface area contributed by atoms with E-state index in [0.29, 0.717) is 6.42 Å². The lowest BCUT2D eigenvalue weighted by Gasteiger charge is -2.40. The van der Waals surface area contributed by atoms with Crippen LogP contribution in [-0.4, -0.2) is 12.9 Å². The van der Waals surface area contributed by atoms with Crippen molar-refractivity contribution < 1.29 is 9.53 Å². The van der Waals surface area contributed by atoms with E-state index in [1.165, 1.54) is 21.9 Å². The van der Waals surface area contributed by atoms with Gasteiger partial charge in [0, 0.05) is 22.9 Å². The fourth-order valence-electron chi connectivity index (χ4n) is 4.85. The maximum absolute atomic E-state index is 13.3. The quantitative estimate of drug-likeness (QED) is 0.576. The van der Waals surface area contributed by atoms with Crippen LogP contribution in [0.3, 0.4) is 0 Å². The van der Waals surface area contributed by atoms with Crippen LogP contribution in [0.1, 0.15) is 43.9 Å². The number of ether oxygens (including phenoxy) is 1. The molecule has 0 spiro atoms. The Morgan fingerprint density at radius 2 is 1.72 bits per heavy atom. The lowest BCUT2D eigenvalue weighted by atomic mass is 9.68. The first-order chi connectivity index (χ1) is 14.0. The Balaban J connectivity index is 1.75. The van der Waals surface area contributed by atoms with Crippen LogP contribution in [0.25, 0.3) is 16.3 Å². The van der Waals surface area contributed by atoms with Gasteiger partial charge in [0.1, 0.15) is 5.75 Å². The highest BCUT2D eigenvalue weighted by molar-refractivity contribution is 6.12. The lowest BCUT2D eigenvalue weighted by molar-refractivity contribution is -0.118. The van der Waals surface area contributed by atoms with Crippen molar-refractivity contribution in [1.82, 2.24) is 0 Å². The van der Waals surface area contributed by atoms with E-state index in [2.05, 4.69) is 67.7 Å². The molecule has 1 aliphatic heterocycles. The first kappa shape index (κ1) is 18.0. The van der Waals surface area contributed by atoms with E-state index in [4.69, 9.17) is 4.74 Å². The van der Waals surface area contributed by atoms with Crippen LogP contribution in [-0.2, 0) is 4.79 Å². The molecule has 3 aromatic rings. The van der Waals surface area contributed by atoms with E-state index in [0.717, 1.165) is 29.0 Å². The van der Waals surface area contributed by atoms with Gasteiger partial charge >= 0.3 is 0 Å². The molecular weight excluding hydrogens is 358 g/mol. The highest BCUT2D eigenvalue weighted by atomic mass is 16.5. The molecule has 0 amide bonds. The van der Waals surface area contributed by atoms with Gasteiger partial charge in [-0.2, -0.15) is 0 Å². The van der Waals surface area contributed by atoms with E-state index in [9.17, 15) is 4.79 Å². The number of Topliss-reactive ketones (excluding diaryl/α,β-unsaturated/α-hetero) is 1. The van der Waals surface area contributed by atoms with Gasteiger partial charge in [-0.3, -0.25) is 4.79 Å². The highest BCUT2D eigenvalue weighted by Gasteiger charge is 2.40. The van der Waals surface area contributed by atoms with Crippen molar-refractivity contribution in [3.05, 3.63) is 77.4 Å². The van der Waals surface area contributed by atoms with Crippen molar-refractivity contribution in [1.29, 1.82) is 0 Å². The van der Waals surface area contributed by atoms with E-state index < -0.39 is 0 Å². The second-order valence-electron chi connectivity index (χ2n) is 8.89. The minimum absolute atomic E-state index is 0.0272. The van der Waals surface area contributed by atoms with Crippen LogP contribution in [0.15, 0.2) is 66.2 Å². The number of ketones is 1. The Morgan fingerprint density at radius 1 is 0.966 bits per heavy atom. The van der Waals surface area contributed by atoms with Gasteiger partial charge in [-0.25, -0.2) is 0 Å². The zero-order valence-electron chi connectivity index (χ0n) is 17.1. The molecule has 1 aliphatic carbocycles. The van der Waals surface area contributed by atoms with Gasteiger partial charge < -0.3 is 10.1 Å². The fraction of sp³-hybridized carbons (Fsp3) is 0.269. The van der Waals surface area contributed by atoms with Gasteiger partial charge in [0.15, 0.2) is 5.78 Å². The first-order valence-corrected chi connectivity index (χ1v) is 10.2. The number of anilines is 1. The van der Waals surface area contributed by atoms with Crippen molar-refractivity contribution in [3.63, 3.8) is 0 Å². The first-order valence-electron chi connectivity index (χ1n) is 10.2. The molecule has 0 saturated heterocycles. The summed E-state index contributed by atoms with van der Waals surface area (Å²) in [5.41, 5.74) is 5.49. The van der Waals surface area contributed by atoms with Gasteiger partial charge in [0.2, 0.25) is 0 Å². The molecule has 0 saturated carbocycles. The normalized spacial score (nSPS) is 20.1. The molecule has 0 radical (unpaired) electrons. The van der Waals surface area contributed by atoms with Gasteiger partial charge in [-0.15, -0.1) is 0 Å². The maximum Gasteiger partial charge on any atom is 0.162 e. The summed E-state index contributed by atoms with van der Waals surface area (Å²) in [6.45, 7) is 4.39. The van der Waals surface area contributed by atoms with Crippen LogP contribution < -0.4 is 10.1 Å². The lowest BCUT2D eigenvalue weighted by Crippen LogP contribution is -2.33. The smallest absolute Gasteiger partial charge is 0.162 e. The third kappa shape index (κ3) is 2.93. The summed E-state index contributed by atoms with van der Waals surface area (Å²) in [4.78, 5) is 13.3. The number of fused-ring (bicyclic) bond motifs is 4. The monoisotopic (exact) mass is 383 g/mol. The zero-order chi connectivity index (χ0) is 20.2. The van der Waals surface area contributed by atoms with Gasteiger partial charge in [-0.1, -0.05) is 62.4 Å². The predicted octanol–water partition coefficient (Wildman–Crippen LogP) is 6.16. The van der Waals surface area contributed by atoms with E-state index in [1.54, 1.807) is 7.11 Å².